The van der Waals surface area contributed by atoms with Gasteiger partial charge in [-0.25, -0.2) is 24.6 Å². The highest BCUT2D eigenvalue weighted by Crippen LogP contribution is 2.40. The summed E-state index contributed by atoms with van der Waals surface area (Å²) in [4.78, 5) is 36.8. The van der Waals surface area contributed by atoms with Crippen LogP contribution in [-0.4, -0.2) is 45.5 Å². The molecule has 4 N–H and O–H groups in total. The molecule has 0 amide bonds. The quantitative estimate of drug-likeness (QED) is 0.723. The smallest absolute Gasteiger partial charge is 0.354 e. The van der Waals surface area contributed by atoms with Crippen LogP contribution < -0.4 is 10.6 Å². The lowest BCUT2D eigenvalue weighted by Crippen LogP contribution is -2.40. The summed E-state index contributed by atoms with van der Waals surface area (Å²) >= 11 is 0. The third-order valence-electron chi connectivity index (χ3n) is 4.87. The average molecular weight is 391 g/mol. The minimum absolute atomic E-state index is 0.346. The molecule has 2 aliphatic heterocycles. The molecule has 0 spiro atoms. The number of carbonyl (C=O) groups is 2. The summed E-state index contributed by atoms with van der Waals surface area (Å²) in [5.74, 6) is -2.61. The van der Waals surface area contributed by atoms with E-state index >= 15 is 0 Å². The first kappa shape index (κ1) is 18.4. The van der Waals surface area contributed by atoms with Gasteiger partial charge in [0.05, 0.1) is 5.92 Å². The number of aliphatic imine (C=N–C) groups is 2. The standard InChI is InChI=1S/C20H17N5O4/c1-10-2-4-11(5-3-10)13-8-25(18-16(13)17(21)22-9-23-18)12-6-14(19(26)27)24-15(7-12)20(28)29/h2-9,16,18H,1H3,(H,26,27)(H,28,29)(H2,21,22,23). The van der Waals surface area contributed by atoms with E-state index < -0.39 is 18.1 Å². The highest BCUT2D eigenvalue weighted by molar-refractivity contribution is 6.03. The molecule has 29 heavy (non-hydrogen) atoms. The lowest BCUT2D eigenvalue weighted by molar-refractivity contribution is 0.0685. The van der Waals surface area contributed by atoms with Crippen molar-refractivity contribution in [3.05, 3.63) is 65.1 Å². The van der Waals surface area contributed by atoms with E-state index in [2.05, 4.69) is 15.0 Å². The Morgan fingerprint density at radius 2 is 1.69 bits per heavy atom. The largest absolute Gasteiger partial charge is 0.477 e. The van der Waals surface area contributed by atoms with Gasteiger partial charge < -0.3 is 20.8 Å². The van der Waals surface area contributed by atoms with E-state index in [4.69, 9.17) is 5.73 Å². The highest BCUT2D eigenvalue weighted by Gasteiger charge is 2.40. The van der Waals surface area contributed by atoms with Crippen molar-refractivity contribution < 1.29 is 19.8 Å². The first-order valence-corrected chi connectivity index (χ1v) is 8.75. The topological polar surface area (TPSA) is 141 Å². The molecule has 0 saturated carbocycles. The summed E-state index contributed by atoms with van der Waals surface area (Å²) in [5, 5.41) is 18.7. The van der Waals surface area contributed by atoms with Crippen molar-refractivity contribution in [2.45, 2.75) is 13.1 Å². The van der Waals surface area contributed by atoms with Crippen molar-refractivity contribution in [1.29, 1.82) is 0 Å². The first-order valence-electron chi connectivity index (χ1n) is 8.75. The molecule has 9 nitrogen and oxygen atoms in total. The Hall–Kier alpha value is -4.01. The molecule has 2 atom stereocenters. The van der Waals surface area contributed by atoms with Gasteiger partial charge in [-0.2, -0.15) is 0 Å². The normalized spacial score (nSPS) is 20.1. The fourth-order valence-corrected chi connectivity index (χ4v) is 3.46. The number of anilines is 1. The van der Waals surface area contributed by atoms with Crippen LogP contribution >= 0.6 is 0 Å². The Morgan fingerprint density at radius 1 is 1.07 bits per heavy atom. The van der Waals surface area contributed by atoms with Gasteiger partial charge in [-0.1, -0.05) is 29.8 Å². The summed E-state index contributed by atoms with van der Waals surface area (Å²) < 4.78 is 0. The van der Waals surface area contributed by atoms with E-state index in [1.807, 2.05) is 31.2 Å². The van der Waals surface area contributed by atoms with Crippen LogP contribution in [0, 0.1) is 12.8 Å². The molecule has 2 aliphatic rings. The molecule has 3 heterocycles. The number of carboxylic acids is 2. The van der Waals surface area contributed by atoms with E-state index in [9.17, 15) is 19.8 Å². The molecule has 0 fully saturated rings. The molecular formula is C20H17N5O4. The molecule has 1 aromatic carbocycles. The number of nitrogens with zero attached hydrogens (tertiary/aromatic N) is 4. The van der Waals surface area contributed by atoms with E-state index in [-0.39, 0.29) is 17.3 Å². The van der Waals surface area contributed by atoms with Crippen LogP contribution in [0.5, 0.6) is 0 Å². The Labute approximate surface area is 165 Å². The zero-order valence-corrected chi connectivity index (χ0v) is 15.4. The highest BCUT2D eigenvalue weighted by atomic mass is 16.4. The minimum atomic E-state index is -1.32. The molecule has 0 bridgehead atoms. The number of carboxylic acid groups (broad SMARTS) is 2. The van der Waals surface area contributed by atoms with Crippen LogP contribution in [0.4, 0.5) is 5.69 Å². The maximum Gasteiger partial charge on any atom is 0.354 e. The van der Waals surface area contributed by atoms with Gasteiger partial charge in [-0.3, -0.25) is 0 Å². The van der Waals surface area contributed by atoms with Crippen molar-refractivity contribution in [1.82, 2.24) is 4.98 Å². The van der Waals surface area contributed by atoms with Crippen molar-refractivity contribution in [2.24, 2.45) is 21.6 Å². The zero-order chi connectivity index (χ0) is 20.7. The van der Waals surface area contributed by atoms with Gasteiger partial charge >= 0.3 is 11.9 Å². The van der Waals surface area contributed by atoms with Crippen LogP contribution in [0.3, 0.4) is 0 Å². The lowest BCUT2D eigenvalue weighted by Gasteiger charge is -2.28. The minimum Gasteiger partial charge on any atom is -0.477 e. The number of hydrogen-bond donors (Lipinski definition) is 3. The predicted molar refractivity (Wildman–Crippen MR) is 107 cm³/mol. The second-order valence-corrected chi connectivity index (χ2v) is 6.77. The van der Waals surface area contributed by atoms with Gasteiger partial charge in [0.25, 0.3) is 0 Å². The third kappa shape index (κ3) is 3.22. The Kier molecular flexibility index (Phi) is 4.34. The van der Waals surface area contributed by atoms with Gasteiger partial charge in [-0.05, 0) is 30.2 Å². The number of nitrogens with two attached hydrogens (primary N) is 1. The number of aromatic carboxylic acids is 2. The van der Waals surface area contributed by atoms with E-state index in [1.165, 1.54) is 18.5 Å². The van der Waals surface area contributed by atoms with Crippen molar-refractivity contribution in [3.63, 3.8) is 0 Å². The fourth-order valence-electron chi connectivity index (χ4n) is 3.46. The number of pyridine rings is 1. The number of rotatable bonds is 4. The first-order chi connectivity index (χ1) is 13.8. The van der Waals surface area contributed by atoms with Crippen molar-refractivity contribution in [2.75, 3.05) is 4.90 Å². The number of fused-ring (bicyclic) bond motifs is 1. The number of benzene rings is 1. The van der Waals surface area contributed by atoms with Crippen molar-refractivity contribution >= 4 is 35.4 Å². The molecule has 4 rings (SSSR count). The zero-order valence-electron chi connectivity index (χ0n) is 15.4. The summed E-state index contributed by atoms with van der Waals surface area (Å²) in [6, 6.07) is 10.5. The lowest BCUT2D eigenvalue weighted by atomic mass is 9.91. The number of hydrogen-bond acceptors (Lipinski definition) is 7. The third-order valence-corrected chi connectivity index (χ3v) is 4.87. The van der Waals surface area contributed by atoms with Crippen molar-refractivity contribution in [3.8, 4) is 0 Å². The van der Waals surface area contributed by atoms with Crippen LogP contribution in [0.25, 0.3) is 5.57 Å². The Balaban J connectivity index is 1.86. The molecule has 0 saturated heterocycles. The maximum atomic E-state index is 11.4. The van der Waals surface area contributed by atoms with Gasteiger partial charge in [0.2, 0.25) is 0 Å². The van der Waals surface area contributed by atoms with Gasteiger partial charge in [0.15, 0.2) is 11.4 Å². The monoisotopic (exact) mass is 391 g/mol. The maximum absolute atomic E-state index is 11.4. The fraction of sp³-hybridized carbons (Fsp3) is 0.150. The van der Waals surface area contributed by atoms with Crippen LogP contribution in [0.1, 0.15) is 32.1 Å². The van der Waals surface area contributed by atoms with Crippen LogP contribution in [0.2, 0.25) is 0 Å². The molecule has 1 aromatic heterocycles. The van der Waals surface area contributed by atoms with E-state index in [0.717, 1.165) is 16.7 Å². The van der Waals surface area contributed by atoms with E-state index in [0.29, 0.717) is 11.5 Å². The summed E-state index contributed by atoms with van der Waals surface area (Å²) in [7, 11) is 0. The molecule has 2 aromatic rings. The molecular weight excluding hydrogens is 374 g/mol. The molecule has 9 heteroatoms. The summed E-state index contributed by atoms with van der Waals surface area (Å²) in [6.07, 6.45) is 2.65. The Bertz CT molecular complexity index is 1070. The molecule has 0 radical (unpaired) electrons. The summed E-state index contributed by atoms with van der Waals surface area (Å²) in [6.45, 7) is 1.99. The predicted octanol–water partition coefficient (Wildman–Crippen LogP) is 1.99. The summed E-state index contributed by atoms with van der Waals surface area (Å²) in [5.41, 5.74) is 8.67. The second-order valence-electron chi connectivity index (χ2n) is 6.77. The van der Waals surface area contributed by atoms with Crippen LogP contribution in [0.15, 0.2) is 52.6 Å². The second kappa shape index (κ2) is 6.86. The molecule has 2 unspecified atom stereocenters. The number of aryl methyl sites for hydroxylation is 1. The number of amidine groups is 1. The molecule has 0 aliphatic carbocycles. The van der Waals surface area contributed by atoms with Gasteiger partial charge in [0.1, 0.15) is 18.3 Å². The van der Waals surface area contributed by atoms with Crippen LogP contribution in [-0.2, 0) is 0 Å². The van der Waals surface area contributed by atoms with E-state index in [1.54, 1.807) is 11.1 Å². The SMILES string of the molecule is Cc1ccc(C2=CN(c3cc(C(=O)O)nc(C(=O)O)c3)C3N=CN=C(N)C23)cc1. The van der Waals surface area contributed by atoms with Gasteiger partial charge in [-0.15, -0.1) is 0 Å². The average Bonchev–Trinajstić information content (AvgIpc) is 3.09. The molecule has 146 valence electrons. The van der Waals surface area contributed by atoms with Gasteiger partial charge in [0, 0.05) is 11.9 Å². The number of aromatic nitrogens is 1. The Morgan fingerprint density at radius 3 is 2.28 bits per heavy atom.